The summed E-state index contributed by atoms with van der Waals surface area (Å²) in [7, 11) is 1.67. The van der Waals surface area contributed by atoms with Crippen LogP contribution in [0, 0.1) is 0 Å². The number of rotatable bonds is 4. The van der Waals surface area contributed by atoms with Crippen molar-refractivity contribution in [3.05, 3.63) is 76.0 Å². The standard InChI is InChI=1S/C20H20N4O2/c1-26-16-4-2-3-14(11-16)12-24-10-7-17-18(13-24)22-19(23-20(17)25)15-5-8-21-9-6-15/h2-6,8-9,11H,7,10,12-13H2,1H3,(H,22,23,25). The molecule has 3 heterocycles. The SMILES string of the molecule is COc1cccc(CN2CCc3c(nc(-c4ccncc4)[nH]c3=O)C2)c1. The van der Waals surface area contributed by atoms with E-state index in [4.69, 9.17) is 9.72 Å². The molecular weight excluding hydrogens is 328 g/mol. The zero-order valence-electron chi connectivity index (χ0n) is 14.6. The largest absolute Gasteiger partial charge is 0.497 e. The Morgan fingerprint density at radius 3 is 2.88 bits per heavy atom. The Balaban J connectivity index is 1.59. The van der Waals surface area contributed by atoms with Gasteiger partial charge in [-0.15, -0.1) is 0 Å². The Morgan fingerprint density at radius 1 is 1.23 bits per heavy atom. The molecule has 0 aliphatic carbocycles. The van der Waals surface area contributed by atoms with Gasteiger partial charge in [0.25, 0.3) is 5.56 Å². The van der Waals surface area contributed by atoms with Crippen molar-refractivity contribution in [2.24, 2.45) is 0 Å². The highest BCUT2D eigenvalue weighted by Gasteiger charge is 2.21. The molecule has 26 heavy (non-hydrogen) atoms. The molecule has 6 nitrogen and oxygen atoms in total. The molecule has 0 saturated heterocycles. The molecular formula is C20H20N4O2. The summed E-state index contributed by atoms with van der Waals surface area (Å²) >= 11 is 0. The first-order chi connectivity index (χ1) is 12.7. The van der Waals surface area contributed by atoms with Gasteiger partial charge in [-0.1, -0.05) is 12.1 Å². The fourth-order valence-electron chi connectivity index (χ4n) is 3.30. The second-order valence-corrected chi connectivity index (χ2v) is 6.39. The topological polar surface area (TPSA) is 71.1 Å². The fraction of sp³-hybridized carbons (Fsp3) is 0.250. The van der Waals surface area contributed by atoms with Crippen molar-refractivity contribution in [2.75, 3.05) is 13.7 Å². The predicted molar refractivity (Wildman–Crippen MR) is 98.9 cm³/mol. The van der Waals surface area contributed by atoms with Crippen molar-refractivity contribution in [3.63, 3.8) is 0 Å². The molecule has 0 spiro atoms. The van der Waals surface area contributed by atoms with Gasteiger partial charge in [-0.05, 0) is 36.2 Å². The maximum absolute atomic E-state index is 12.5. The Hall–Kier alpha value is -2.99. The number of hydrogen-bond donors (Lipinski definition) is 1. The van der Waals surface area contributed by atoms with Crippen LogP contribution in [0.4, 0.5) is 0 Å². The van der Waals surface area contributed by atoms with Crippen molar-refractivity contribution in [3.8, 4) is 17.1 Å². The van der Waals surface area contributed by atoms with Gasteiger partial charge in [0.2, 0.25) is 0 Å². The van der Waals surface area contributed by atoms with E-state index >= 15 is 0 Å². The van der Waals surface area contributed by atoms with E-state index in [0.29, 0.717) is 18.8 Å². The average Bonchev–Trinajstić information content (AvgIpc) is 2.68. The number of benzene rings is 1. The van der Waals surface area contributed by atoms with Crippen LogP contribution in [-0.4, -0.2) is 33.5 Å². The lowest BCUT2D eigenvalue weighted by molar-refractivity contribution is 0.240. The molecule has 1 aromatic carbocycles. The van der Waals surface area contributed by atoms with E-state index in [1.165, 1.54) is 5.56 Å². The summed E-state index contributed by atoms with van der Waals surface area (Å²) in [6.45, 7) is 2.30. The Bertz CT molecular complexity index is 969. The Labute approximate surface area is 151 Å². The summed E-state index contributed by atoms with van der Waals surface area (Å²) in [5, 5.41) is 0. The highest BCUT2D eigenvalue weighted by molar-refractivity contribution is 5.54. The van der Waals surface area contributed by atoms with Gasteiger partial charge in [-0.2, -0.15) is 0 Å². The summed E-state index contributed by atoms with van der Waals surface area (Å²) < 4.78 is 5.30. The number of nitrogens with one attached hydrogen (secondary N) is 1. The second kappa shape index (κ2) is 7.09. The van der Waals surface area contributed by atoms with Crippen LogP contribution in [0.2, 0.25) is 0 Å². The van der Waals surface area contributed by atoms with Gasteiger partial charge in [-0.3, -0.25) is 14.7 Å². The highest BCUT2D eigenvalue weighted by Crippen LogP contribution is 2.21. The van der Waals surface area contributed by atoms with E-state index < -0.39 is 0 Å². The minimum atomic E-state index is -0.0390. The predicted octanol–water partition coefficient (Wildman–Crippen LogP) is 2.40. The molecule has 2 aromatic heterocycles. The number of nitrogens with zero attached hydrogens (tertiary/aromatic N) is 3. The van der Waals surface area contributed by atoms with Crippen molar-refractivity contribution >= 4 is 0 Å². The first kappa shape index (κ1) is 16.5. The molecule has 0 fully saturated rings. The number of aromatic nitrogens is 3. The molecule has 0 unspecified atom stereocenters. The van der Waals surface area contributed by atoms with Gasteiger partial charge in [0.15, 0.2) is 0 Å². The third kappa shape index (κ3) is 3.36. The van der Waals surface area contributed by atoms with E-state index in [1.807, 2.05) is 30.3 Å². The monoisotopic (exact) mass is 348 g/mol. The lowest BCUT2D eigenvalue weighted by atomic mass is 10.0. The summed E-state index contributed by atoms with van der Waals surface area (Å²) in [4.78, 5) is 26.4. The van der Waals surface area contributed by atoms with Crippen molar-refractivity contribution in [2.45, 2.75) is 19.5 Å². The molecule has 3 aromatic rings. The molecule has 0 amide bonds. The molecule has 6 heteroatoms. The number of hydrogen-bond acceptors (Lipinski definition) is 5. The number of fused-ring (bicyclic) bond motifs is 1. The first-order valence-electron chi connectivity index (χ1n) is 8.60. The average molecular weight is 348 g/mol. The molecule has 1 aliphatic rings. The van der Waals surface area contributed by atoms with Crippen LogP contribution in [0.5, 0.6) is 5.75 Å². The maximum Gasteiger partial charge on any atom is 0.254 e. The molecule has 0 radical (unpaired) electrons. The lowest BCUT2D eigenvalue weighted by Crippen LogP contribution is -2.35. The first-order valence-corrected chi connectivity index (χ1v) is 8.60. The number of methoxy groups -OCH3 is 1. The van der Waals surface area contributed by atoms with Crippen LogP contribution in [0.25, 0.3) is 11.4 Å². The van der Waals surface area contributed by atoms with Gasteiger partial charge in [0, 0.05) is 43.2 Å². The van der Waals surface area contributed by atoms with Gasteiger partial charge in [0.05, 0.1) is 12.8 Å². The number of pyridine rings is 1. The summed E-state index contributed by atoms with van der Waals surface area (Å²) in [6.07, 6.45) is 4.10. The van der Waals surface area contributed by atoms with E-state index in [0.717, 1.165) is 35.7 Å². The third-order valence-corrected chi connectivity index (χ3v) is 4.65. The minimum Gasteiger partial charge on any atom is -0.497 e. The maximum atomic E-state index is 12.5. The van der Waals surface area contributed by atoms with Gasteiger partial charge < -0.3 is 9.72 Å². The van der Waals surface area contributed by atoms with Crippen LogP contribution in [0.3, 0.4) is 0 Å². The van der Waals surface area contributed by atoms with Crippen molar-refractivity contribution in [1.29, 1.82) is 0 Å². The number of H-pyrrole nitrogens is 1. The highest BCUT2D eigenvalue weighted by atomic mass is 16.5. The van der Waals surface area contributed by atoms with Crippen LogP contribution in [0.1, 0.15) is 16.8 Å². The third-order valence-electron chi connectivity index (χ3n) is 4.65. The van der Waals surface area contributed by atoms with Crippen molar-refractivity contribution < 1.29 is 4.74 Å². The van der Waals surface area contributed by atoms with Crippen LogP contribution in [-0.2, 0) is 19.5 Å². The Morgan fingerprint density at radius 2 is 2.08 bits per heavy atom. The second-order valence-electron chi connectivity index (χ2n) is 6.39. The van der Waals surface area contributed by atoms with E-state index in [2.05, 4.69) is 20.9 Å². The quantitative estimate of drug-likeness (QED) is 0.784. The molecule has 4 rings (SSSR count). The molecule has 1 aliphatic heterocycles. The zero-order valence-corrected chi connectivity index (χ0v) is 14.6. The summed E-state index contributed by atoms with van der Waals surface area (Å²) in [5.41, 5.74) is 3.67. The summed E-state index contributed by atoms with van der Waals surface area (Å²) in [5.74, 6) is 1.45. The van der Waals surface area contributed by atoms with Crippen LogP contribution in [0.15, 0.2) is 53.6 Å². The van der Waals surface area contributed by atoms with E-state index in [9.17, 15) is 4.79 Å². The fourth-order valence-corrected chi connectivity index (χ4v) is 3.30. The molecule has 0 saturated carbocycles. The molecule has 0 bridgehead atoms. The van der Waals surface area contributed by atoms with E-state index in [-0.39, 0.29) is 5.56 Å². The number of ether oxygens (including phenoxy) is 1. The van der Waals surface area contributed by atoms with Gasteiger partial charge in [0.1, 0.15) is 11.6 Å². The smallest absolute Gasteiger partial charge is 0.254 e. The Kier molecular flexibility index (Phi) is 4.50. The van der Waals surface area contributed by atoms with Gasteiger partial charge >= 0.3 is 0 Å². The van der Waals surface area contributed by atoms with Gasteiger partial charge in [-0.25, -0.2) is 4.98 Å². The molecule has 1 N–H and O–H groups in total. The normalized spacial score (nSPS) is 14.0. The lowest BCUT2D eigenvalue weighted by Gasteiger charge is -2.27. The van der Waals surface area contributed by atoms with Crippen LogP contribution < -0.4 is 10.3 Å². The van der Waals surface area contributed by atoms with Crippen LogP contribution >= 0.6 is 0 Å². The summed E-state index contributed by atoms with van der Waals surface area (Å²) in [6, 6.07) is 11.8. The van der Waals surface area contributed by atoms with E-state index in [1.54, 1.807) is 19.5 Å². The minimum absolute atomic E-state index is 0.0390. The zero-order chi connectivity index (χ0) is 17.9. The molecule has 132 valence electrons. The number of aromatic amines is 1. The molecule has 0 atom stereocenters. The van der Waals surface area contributed by atoms with Crippen molar-refractivity contribution in [1.82, 2.24) is 19.9 Å².